The highest BCUT2D eigenvalue weighted by Gasteiger charge is 2.14. The van der Waals surface area contributed by atoms with E-state index in [0.29, 0.717) is 13.1 Å². The topological polar surface area (TPSA) is 67.9 Å². The summed E-state index contributed by atoms with van der Waals surface area (Å²) < 4.78 is 10.8. The lowest BCUT2D eigenvalue weighted by Gasteiger charge is -2.21. The molecule has 2 aromatic rings. The lowest BCUT2D eigenvalue weighted by Crippen LogP contribution is -2.34. The molecule has 2 rings (SSSR count). The third-order valence-corrected chi connectivity index (χ3v) is 4.33. The average molecular weight is 399 g/mol. The van der Waals surface area contributed by atoms with Crippen LogP contribution in [-0.2, 0) is 16.0 Å². The Kier molecular flexibility index (Phi) is 8.52. The van der Waals surface area contributed by atoms with Crippen LogP contribution < -0.4 is 19.7 Å². The van der Waals surface area contributed by atoms with E-state index in [1.54, 1.807) is 12.0 Å². The molecule has 0 aliphatic rings. The van der Waals surface area contributed by atoms with Crippen molar-refractivity contribution in [2.24, 2.45) is 0 Å². The second-order valence-electron chi connectivity index (χ2n) is 7.03. The van der Waals surface area contributed by atoms with Crippen LogP contribution in [0.15, 0.2) is 48.5 Å². The highest BCUT2D eigenvalue weighted by Crippen LogP contribution is 2.21. The number of rotatable bonds is 10. The molecule has 0 aromatic heterocycles. The minimum atomic E-state index is -0.105. The molecule has 1 N–H and O–H groups in total. The van der Waals surface area contributed by atoms with Gasteiger partial charge in [0.05, 0.1) is 13.2 Å². The first-order chi connectivity index (χ1) is 13.9. The van der Waals surface area contributed by atoms with Crippen molar-refractivity contribution in [1.82, 2.24) is 5.32 Å². The molecule has 0 fully saturated rings. The van der Waals surface area contributed by atoms with E-state index < -0.39 is 0 Å². The Labute approximate surface area is 172 Å². The van der Waals surface area contributed by atoms with Gasteiger partial charge in [0.2, 0.25) is 11.8 Å². The zero-order valence-corrected chi connectivity index (χ0v) is 17.6. The van der Waals surface area contributed by atoms with Crippen LogP contribution in [-0.4, -0.2) is 38.1 Å². The van der Waals surface area contributed by atoms with Gasteiger partial charge < -0.3 is 19.7 Å². The van der Waals surface area contributed by atoms with Gasteiger partial charge >= 0.3 is 0 Å². The summed E-state index contributed by atoms with van der Waals surface area (Å²) in [6.07, 6.45) is 1.05. The molecule has 0 bridgehead atoms. The molecule has 6 nitrogen and oxygen atoms in total. The van der Waals surface area contributed by atoms with Crippen molar-refractivity contribution < 1.29 is 19.1 Å². The molecule has 0 aliphatic carbocycles. The van der Waals surface area contributed by atoms with E-state index in [9.17, 15) is 9.59 Å². The zero-order valence-electron chi connectivity index (χ0n) is 17.6. The Balaban J connectivity index is 1.83. The molecule has 0 atom stereocenters. The second-order valence-corrected chi connectivity index (χ2v) is 7.03. The molecule has 0 saturated heterocycles. The maximum absolute atomic E-state index is 12.2. The Hall–Kier alpha value is -3.02. The van der Waals surface area contributed by atoms with Crippen molar-refractivity contribution in [3.8, 4) is 11.5 Å². The zero-order chi connectivity index (χ0) is 21.2. The molecule has 0 aliphatic heterocycles. The van der Waals surface area contributed by atoms with E-state index in [1.165, 1.54) is 6.92 Å². The molecule has 0 radical (unpaired) electrons. The van der Waals surface area contributed by atoms with Crippen molar-refractivity contribution in [2.45, 2.75) is 39.7 Å². The van der Waals surface area contributed by atoms with E-state index in [1.807, 2.05) is 62.4 Å². The number of amides is 2. The minimum Gasteiger partial charge on any atom is -0.497 e. The van der Waals surface area contributed by atoms with E-state index in [0.717, 1.165) is 29.2 Å². The van der Waals surface area contributed by atoms with Gasteiger partial charge in [-0.15, -0.1) is 0 Å². The molecule has 2 amide bonds. The molecule has 29 heavy (non-hydrogen) atoms. The number of ether oxygens (including phenoxy) is 2. The molecule has 0 saturated carbocycles. The molecule has 2 aromatic carbocycles. The van der Waals surface area contributed by atoms with Gasteiger partial charge in [0.25, 0.3) is 0 Å². The third kappa shape index (κ3) is 7.49. The van der Waals surface area contributed by atoms with E-state index in [2.05, 4.69) is 5.32 Å². The van der Waals surface area contributed by atoms with Gasteiger partial charge in [0.1, 0.15) is 11.5 Å². The fraction of sp³-hybridized carbons (Fsp3) is 0.391. The van der Waals surface area contributed by atoms with Crippen LogP contribution in [0.1, 0.15) is 32.8 Å². The fourth-order valence-electron chi connectivity index (χ4n) is 2.92. The molecule has 6 heteroatoms. The maximum atomic E-state index is 12.2. The van der Waals surface area contributed by atoms with Gasteiger partial charge in [-0.2, -0.15) is 0 Å². The molecule has 0 unspecified atom stereocenters. The number of anilines is 1. The summed E-state index contributed by atoms with van der Waals surface area (Å²) in [6, 6.07) is 15.1. The fourth-order valence-corrected chi connectivity index (χ4v) is 2.92. The molecular formula is C23H30N2O4. The molecular weight excluding hydrogens is 368 g/mol. The van der Waals surface area contributed by atoms with Crippen LogP contribution in [0.3, 0.4) is 0 Å². The predicted molar refractivity (Wildman–Crippen MR) is 115 cm³/mol. The Morgan fingerprint density at radius 2 is 1.79 bits per heavy atom. The lowest BCUT2D eigenvalue weighted by atomic mass is 10.1. The quantitative estimate of drug-likeness (QED) is 0.664. The van der Waals surface area contributed by atoms with Crippen LogP contribution >= 0.6 is 0 Å². The van der Waals surface area contributed by atoms with Gasteiger partial charge in [-0.3, -0.25) is 9.59 Å². The average Bonchev–Trinajstić information content (AvgIpc) is 2.69. The molecule has 0 heterocycles. The molecule has 156 valence electrons. The maximum Gasteiger partial charge on any atom is 0.223 e. The summed E-state index contributed by atoms with van der Waals surface area (Å²) in [7, 11) is 1.63. The second kappa shape index (κ2) is 11.1. The van der Waals surface area contributed by atoms with Crippen LogP contribution in [0.25, 0.3) is 0 Å². The minimum absolute atomic E-state index is 0.0843. The van der Waals surface area contributed by atoms with Crippen molar-refractivity contribution in [3.63, 3.8) is 0 Å². The first-order valence-electron chi connectivity index (χ1n) is 9.83. The van der Waals surface area contributed by atoms with Crippen molar-refractivity contribution in [1.29, 1.82) is 0 Å². The lowest BCUT2D eigenvalue weighted by molar-refractivity contribution is -0.121. The first kappa shape index (κ1) is 22.3. The summed E-state index contributed by atoms with van der Waals surface area (Å²) in [5, 5.41) is 2.91. The number of methoxy groups -OCH3 is 1. The highest BCUT2D eigenvalue weighted by atomic mass is 16.5. The smallest absolute Gasteiger partial charge is 0.223 e. The summed E-state index contributed by atoms with van der Waals surface area (Å²) in [5.41, 5.74) is 1.84. The third-order valence-electron chi connectivity index (χ3n) is 4.33. The summed E-state index contributed by atoms with van der Waals surface area (Å²) in [5.74, 6) is 1.36. The first-order valence-corrected chi connectivity index (χ1v) is 9.83. The number of benzene rings is 2. The van der Waals surface area contributed by atoms with Gasteiger partial charge in [-0.1, -0.05) is 12.1 Å². The van der Waals surface area contributed by atoms with E-state index >= 15 is 0 Å². The van der Waals surface area contributed by atoms with Crippen LogP contribution in [0.4, 0.5) is 5.69 Å². The van der Waals surface area contributed by atoms with Crippen LogP contribution in [0, 0.1) is 0 Å². The standard InChI is InChI=1S/C23H30N2O4/c1-17(2)29-21-10-8-20(9-11-21)25(18(3)26)15-13-23(27)24-14-12-19-6-5-7-22(16-19)28-4/h5-11,16-17H,12-15H2,1-4H3,(H,24,27). The van der Waals surface area contributed by atoms with E-state index in [4.69, 9.17) is 9.47 Å². The summed E-state index contributed by atoms with van der Waals surface area (Å²) in [4.78, 5) is 25.8. The number of carbonyl (C=O) groups is 2. The summed E-state index contributed by atoms with van der Waals surface area (Å²) >= 11 is 0. The van der Waals surface area contributed by atoms with Gasteiger partial charge in [-0.05, 0) is 62.2 Å². The number of hydrogen-bond acceptors (Lipinski definition) is 4. The largest absolute Gasteiger partial charge is 0.497 e. The van der Waals surface area contributed by atoms with E-state index in [-0.39, 0.29) is 24.3 Å². The Morgan fingerprint density at radius 1 is 1.07 bits per heavy atom. The van der Waals surface area contributed by atoms with Gasteiger partial charge in [0, 0.05) is 32.1 Å². The number of nitrogens with one attached hydrogen (secondary N) is 1. The van der Waals surface area contributed by atoms with Crippen LogP contribution in [0.5, 0.6) is 11.5 Å². The number of nitrogens with zero attached hydrogens (tertiary/aromatic N) is 1. The van der Waals surface area contributed by atoms with Gasteiger partial charge in [0.15, 0.2) is 0 Å². The molecule has 0 spiro atoms. The normalized spacial score (nSPS) is 10.5. The van der Waals surface area contributed by atoms with Gasteiger partial charge in [-0.25, -0.2) is 0 Å². The van der Waals surface area contributed by atoms with Crippen molar-refractivity contribution in [3.05, 3.63) is 54.1 Å². The SMILES string of the molecule is COc1cccc(CCNC(=O)CCN(C(C)=O)c2ccc(OC(C)C)cc2)c1. The van der Waals surface area contributed by atoms with Crippen molar-refractivity contribution >= 4 is 17.5 Å². The monoisotopic (exact) mass is 398 g/mol. The van der Waals surface area contributed by atoms with Crippen LogP contribution in [0.2, 0.25) is 0 Å². The summed E-state index contributed by atoms with van der Waals surface area (Å²) in [6.45, 7) is 6.28. The Morgan fingerprint density at radius 3 is 2.41 bits per heavy atom. The predicted octanol–water partition coefficient (Wildman–Crippen LogP) is 3.58. The highest BCUT2D eigenvalue weighted by molar-refractivity contribution is 5.92. The number of carbonyl (C=O) groups excluding carboxylic acids is 2. The number of hydrogen-bond donors (Lipinski definition) is 1. The Bertz CT molecular complexity index is 803. The van der Waals surface area contributed by atoms with Crippen molar-refractivity contribution in [2.75, 3.05) is 25.1 Å².